The van der Waals surface area contributed by atoms with Crippen molar-refractivity contribution in [2.75, 3.05) is 7.11 Å². The number of thiophene rings is 1. The van der Waals surface area contributed by atoms with Gasteiger partial charge >= 0.3 is 0 Å². The first-order chi connectivity index (χ1) is 12.1. The molecule has 2 aromatic heterocycles. The molecule has 4 nitrogen and oxygen atoms in total. The van der Waals surface area contributed by atoms with Crippen molar-refractivity contribution in [2.24, 2.45) is 0 Å². The monoisotopic (exact) mass is 374 g/mol. The van der Waals surface area contributed by atoms with Crippen LogP contribution < -0.4 is 4.74 Å². The summed E-state index contributed by atoms with van der Waals surface area (Å²) in [7, 11) is 1.63. The number of carbonyl (C=O) groups excluding carboxylic acids is 1. The first kappa shape index (κ1) is 17.7. The second kappa shape index (κ2) is 7.85. The standard InChI is InChI=1S/C19H19ClN2O2S/c1-3-18(23)22(12-16-5-4-8-25-16)11-14-9-13-10-15(24-2)6-7-17(13)21-19(14)20/h4-10H,3,11-12H2,1-2H3. The first-order valence-corrected chi connectivity index (χ1v) is 9.29. The molecule has 6 heteroatoms. The molecule has 1 aromatic carbocycles. The van der Waals surface area contributed by atoms with Gasteiger partial charge in [0, 0.05) is 28.8 Å². The maximum absolute atomic E-state index is 12.4. The van der Waals surface area contributed by atoms with Crippen LogP contribution in [0.5, 0.6) is 5.75 Å². The van der Waals surface area contributed by atoms with Gasteiger partial charge in [-0.15, -0.1) is 11.3 Å². The predicted molar refractivity (Wildman–Crippen MR) is 102 cm³/mol. The van der Waals surface area contributed by atoms with Crippen molar-refractivity contribution in [3.8, 4) is 5.75 Å². The van der Waals surface area contributed by atoms with Crippen molar-refractivity contribution in [1.29, 1.82) is 0 Å². The van der Waals surface area contributed by atoms with Gasteiger partial charge in [-0.2, -0.15) is 0 Å². The Bertz CT molecular complexity index is 881. The maximum atomic E-state index is 12.4. The molecule has 3 aromatic rings. The number of pyridine rings is 1. The molecule has 0 spiro atoms. The third-order valence-electron chi connectivity index (χ3n) is 3.99. The molecule has 130 valence electrons. The number of hydrogen-bond acceptors (Lipinski definition) is 4. The molecule has 0 bridgehead atoms. The molecule has 1 amide bonds. The van der Waals surface area contributed by atoms with E-state index in [1.807, 2.05) is 53.6 Å². The Kier molecular flexibility index (Phi) is 5.56. The average molecular weight is 375 g/mol. The largest absolute Gasteiger partial charge is 0.497 e. The molecule has 0 atom stereocenters. The van der Waals surface area contributed by atoms with Gasteiger partial charge in [-0.05, 0) is 35.7 Å². The molecule has 0 fully saturated rings. The SMILES string of the molecule is CCC(=O)N(Cc1cccs1)Cc1cc2cc(OC)ccc2nc1Cl. The maximum Gasteiger partial charge on any atom is 0.222 e. The highest BCUT2D eigenvalue weighted by atomic mass is 35.5. The second-order valence-electron chi connectivity index (χ2n) is 5.68. The van der Waals surface area contributed by atoms with Gasteiger partial charge in [0.2, 0.25) is 5.91 Å². The third-order valence-corrected chi connectivity index (χ3v) is 5.18. The Morgan fingerprint density at radius 1 is 1.28 bits per heavy atom. The fraction of sp³-hybridized carbons (Fsp3) is 0.263. The Morgan fingerprint density at radius 3 is 2.80 bits per heavy atom. The normalized spacial score (nSPS) is 10.8. The third kappa shape index (κ3) is 4.11. The zero-order valence-electron chi connectivity index (χ0n) is 14.2. The molecule has 0 aliphatic heterocycles. The van der Waals surface area contributed by atoms with Gasteiger partial charge < -0.3 is 9.64 Å². The lowest BCUT2D eigenvalue weighted by atomic mass is 10.1. The summed E-state index contributed by atoms with van der Waals surface area (Å²) in [5, 5.41) is 3.39. The van der Waals surface area contributed by atoms with E-state index in [0.717, 1.165) is 27.1 Å². The van der Waals surface area contributed by atoms with Gasteiger partial charge in [0.05, 0.1) is 19.2 Å². The molecule has 0 N–H and O–H groups in total. The van der Waals surface area contributed by atoms with Crippen LogP contribution in [0.3, 0.4) is 0 Å². The number of fused-ring (bicyclic) bond motifs is 1. The molecule has 0 saturated carbocycles. The number of rotatable bonds is 6. The molecule has 3 rings (SSSR count). The number of amides is 1. The summed E-state index contributed by atoms with van der Waals surface area (Å²) in [5.74, 6) is 0.859. The summed E-state index contributed by atoms with van der Waals surface area (Å²) < 4.78 is 5.28. The Balaban J connectivity index is 1.92. The fourth-order valence-electron chi connectivity index (χ4n) is 2.66. The molecule has 25 heavy (non-hydrogen) atoms. The lowest BCUT2D eigenvalue weighted by Gasteiger charge is -2.22. The van der Waals surface area contributed by atoms with Crippen LogP contribution in [0.2, 0.25) is 5.15 Å². The topological polar surface area (TPSA) is 42.4 Å². The van der Waals surface area contributed by atoms with E-state index in [1.54, 1.807) is 18.4 Å². The van der Waals surface area contributed by atoms with Crippen LogP contribution in [-0.2, 0) is 17.9 Å². The van der Waals surface area contributed by atoms with Crippen LogP contribution in [0, 0.1) is 0 Å². The Labute approximate surface area is 156 Å². The molecule has 0 saturated heterocycles. The lowest BCUT2D eigenvalue weighted by Crippen LogP contribution is -2.29. The van der Waals surface area contributed by atoms with Crippen molar-refractivity contribution in [2.45, 2.75) is 26.4 Å². The predicted octanol–water partition coefficient (Wildman–Crippen LogP) is 4.90. The zero-order chi connectivity index (χ0) is 17.8. The molecule has 2 heterocycles. The molecular formula is C19H19ClN2O2S. The van der Waals surface area contributed by atoms with Crippen molar-refractivity contribution >= 4 is 39.7 Å². The number of hydrogen-bond donors (Lipinski definition) is 0. The number of halogens is 1. The van der Waals surface area contributed by atoms with Crippen molar-refractivity contribution in [3.05, 3.63) is 57.4 Å². The van der Waals surface area contributed by atoms with E-state index in [9.17, 15) is 4.79 Å². The highest BCUT2D eigenvalue weighted by Crippen LogP contribution is 2.26. The summed E-state index contributed by atoms with van der Waals surface area (Å²) in [6.07, 6.45) is 0.456. The second-order valence-corrected chi connectivity index (χ2v) is 7.07. The van der Waals surface area contributed by atoms with Crippen molar-refractivity contribution in [3.63, 3.8) is 0 Å². The van der Waals surface area contributed by atoms with E-state index in [2.05, 4.69) is 4.98 Å². The van der Waals surface area contributed by atoms with Crippen LogP contribution in [0.4, 0.5) is 0 Å². The number of ether oxygens (including phenoxy) is 1. The van der Waals surface area contributed by atoms with Gasteiger partial charge in [-0.1, -0.05) is 24.6 Å². The van der Waals surface area contributed by atoms with E-state index < -0.39 is 0 Å². The minimum absolute atomic E-state index is 0.0928. The van der Waals surface area contributed by atoms with E-state index in [4.69, 9.17) is 16.3 Å². The van der Waals surface area contributed by atoms with Crippen molar-refractivity contribution in [1.82, 2.24) is 9.88 Å². The summed E-state index contributed by atoms with van der Waals surface area (Å²) >= 11 is 8.02. The van der Waals surface area contributed by atoms with Crippen LogP contribution in [0.25, 0.3) is 10.9 Å². The van der Waals surface area contributed by atoms with Crippen LogP contribution in [0.1, 0.15) is 23.8 Å². The quantitative estimate of drug-likeness (QED) is 0.576. The molecule has 0 unspecified atom stereocenters. The molecule has 0 aliphatic carbocycles. The smallest absolute Gasteiger partial charge is 0.222 e. The summed E-state index contributed by atoms with van der Waals surface area (Å²) in [4.78, 5) is 19.8. The van der Waals surface area contributed by atoms with Crippen LogP contribution in [0.15, 0.2) is 41.8 Å². The van der Waals surface area contributed by atoms with Gasteiger partial charge in [-0.25, -0.2) is 4.98 Å². The number of methoxy groups -OCH3 is 1. The number of aromatic nitrogens is 1. The average Bonchev–Trinajstić information content (AvgIpc) is 3.13. The van der Waals surface area contributed by atoms with E-state index in [-0.39, 0.29) is 5.91 Å². The first-order valence-electron chi connectivity index (χ1n) is 8.04. The highest BCUT2D eigenvalue weighted by Gasteiger charge is 2.16. The highest BCUT2D eigenvalue weighted by molar-refractivity contribution is 7.09. The molecule has 0 aliphatic rings. The molecule has 0 radical (unpaired) electrons. The van der Waals surface area contributed by atoms with Crippen molar-refractivity contribution < 1.29 is 9.53 Å². The fourth-order valence-corrected chi connectivity index (χ4v) is 3.59. The zero-order valence-corrected chi connectivity index (χ0v) is 15.7. The molecular weight excluding hydrogens is 356 g/mol. The van der Waals surface area contributed by atoms with E-state index in [0.29, 0.717) is 24.7 Å². The Hall–Kier alpha value is -2.11. The minimum atomic E-state index is 0.0928. The van der Waals surface area contributed by atoms with E-state index in [1.165, 1.54) is 0 Å². The van der Waals surface area contributed by atoms with Gasteiger partial charge in [-0.3, -0.25) is 4.79 Å². The summed E-state index contributed by atoms with van der Waals surface area (Å²) in [5.41, 5.74) is 1.64. The minimum Gasteiger partial charge on any atom is -0.497 e. The number of benzene rings is 1. The summed E-state index contributed by atoms with van der Waals surface area (Å²) in [6.45, 7) is 2.88. The number of nitrogens with zero attached hydrogens (tertiary/aromatic N) is 2. The van der Waals surface area contributed by atoms with Gasteiger partial charge in [0.1, 0.15) is 10.9 Å². The van der Waals surface area contributed by atoms with Crippen LogP contribution >= 0.6 is 22.9 Å². The Morgan fingerprint density at radius 2 is 2.12 bits per heavy atom. The van der Waals surface area contributed by atoms with Crippen LogP contribution in [-0.4, -0.2) is 22.9 Å². The van der Waals surface area contributed by atoms with E-state index >= 15 is 0 Å². The number of carbonyl (C=O) groups is 1. The lowest BCUT2D eigenvalue weighted by molar-refractivity contribution is -0.132. The van der Waals surface area contributed by atoms with Gasteiger partial charge in [0.15, 0.2) is 0 Å². The van der Waals surface area contributed by atoms with Gasteiger partial charge in [0.25, 0.3) is 0 Å². The summed E-state index contributed by atoms with van der Waals surface area (Å²) in [6, 6.07) is 11.7.